The minimum atomic E-state index is -0.638. The average Bonchev–Trinajstić information content (AvgIpc) is 2.45. The molecule has 2 rings (SSSR count). The number of pyridine rings is 1. The second-order valence-corrected chi connectivity index (χ2v) is 3.84. The van der Waals surface area contributed by atoms with Crippen molar-refractivity contribution in [1.82, 2.24) is 4.98 Å². The first kappa shape index (κ1) is 13.6. The van der Waals surface area contributed by atoms with E-state index < -0.39 is 5.82 Å². The van der Waals surface area contributed by atoms with E-state index in [0.717, 1.165) is 6.07 Å². The fourth-order valence-electron chi connectivity index (χ4n) is 1.51. The first-order valence-corrected chi connectivity index (χ1v) is 5.91. The molecule has 0 aliphatic carbocycles. The monoisotopic (exact) mass is 273 g/mol. The standard InChI is InChI=1S/C14H12FN3O2/c1-2-19-14-11(17)4-6-13(18-14)20-12-5-3-9(8-16)7-10(12)15/h3-7H,2,17H2,1H3. The van der Waals surface area contributed by atoms with Crippen molar-refractivity contribution in [2.75, 3.05) is 12.3 Å². The average molecular weight is 273 g/mol. The Labute approximate surface area is 115 Å². The molecule has 1 heterocycles. The third-order valence-corrected chi connectivity index (χ3v) is 2.42. The Balaban J connectivity index is 2.26. The molecule has 0 aliphatic rings. The molecule has 102 valence electrons. The number of anilines is 1. The van der Waals surface area contributed by atoms with Gasteiger partial charge in [-0.05, 0) is 31.2 Å². The molecule has 0 saturated carbocycles. The molecule has 0 aliphatic heterocycles. The van der Waals surface area contributed by atoms with Gasteiger partial charge in [0.1, 0.15) is 0 Å². The molecule has 20 heavy (non-hydrogen) atoms. The summed E-state index contributed by atoms with van der Waals surface area (Å²) in [6.45, 7) is 2.21. The van der Waals surface area contributed by atoms with Crippen molar-refractivity contribution in [2.45, 2.75) is 6.92 Å². The highest BCUT2D eigenvalue weighted by atomic mass is 19.1. The van der Waals surface area contributed by atoms with Gasteiger partial charge < -0.3 is 15.2 Å². The van der Waals surface area contributed by atoms with Gasteiger partial charge in [0, 0.05) is 6.07 Å². The van der Waals surface area contributed by atoms with E-state index in [9.17, 15) is 4.39 Å². The summed E-state index contributed by atoms with van der Waals surface area (Å²) in [4.78, 5) is 4.04. The Morgan fingerprint density at radius 3 is 2.80 bits per heavy atom. The van der Waals surface area contributed by atoms with Gasteiger partial charge in [0.25, 0.3) is 0 Å². The van der Waals surface area contributed by atoms with E-state index in [4.69, 9.17) is 20.5 Å². The zero-order valence-electron chi connectivity index (χ0n) is 10.8. The fourth-order valence-corrected chi connectivity index (χ4v) is 1.51. The topological polar surface area (TPSA) is 81.2 Å². The number of nitrogen functional groups attached to an aromatic ring is 1. The maximum Gasteiger partial charge on any atom is 0.240 e. The van der Waals surface area contributed by atoms with Crippen LogP contribution in [0.25, 0.3) is 0 Å². The molecule has 2 aromatic rings. The van der Waals surface area contributed by atoms with E-state index in [0.29, 0.717) is 12.3 Å². The van der Waals surface area contributed by atoms with Crippen molar-refractivity contribution in [2.24, 2.45) is 0 Å². The molecule has 5 nitrogen and oxygen atoms in total. The number of hydrogen-bond acceptors (Lipinski definition) is 5. The van der Waals surface area contributed by atoms with Gasteiger partial charge in [-0.3, -0.25) is 0 Å². The Morgan fingerprint density at radius 2 is 2.15 bits per heavy atom. The molecule has 0 unspecified atom stereocenters. The van der Waals surface area contributed by atoms with Crippen LogP contribution in [0.15, 0.2) is 30.3 Å². The lowest BCUT2D eigenvalue weighted by Gasteiger charge is -2.09. The number of nitrogens with zero attached hydrogens (tertiary/aromatic N) is 2. The van der Waals surface area contributed by atoms with Crippen molar-refractivity contribution in [3.8, 4) is 23.6 Å². The molecule has 2 N–H and O–H groups in total. The van der Waals surface area contributed by atoms with Crippen molar-refractivity contribution < 1.29 is 13.9 Å². The number of hydrogen-bond donors (Lipinski definition) is 1. The van der Waals surface area contributed by atoms with Crippen molar-refractivity contribution in [3.05, 3.63) is 41.7 Å². The number of rotatable bonds is 4. The molecule has 0 bridgehead atoms. The number of nitrogens with two attached hydrogens (primary N) is 1. The number of benzene rings is 1. The van der Waals surface area contributed by atoms with Crippen LogP contribution >= 0.6 is 0 Å². The fraction of sp³-hybridized carbons (Fsp3) is 0.143. The normalized spacial score (nSPS) is 9.85. The summed E-state index contributed by atoms with van der Waals surface area (Å²) < 4.78 is 24.2. The van der Waals surface area contributed by atoms with E-state index in [2.05, 4.69) is 4.98 Å². The lowest BCUT2D eigenvalue weighted by molar-refractivity contribution is 0.322. The van der Waals surface area contributed by atoms with Crippen LogP contribution in [0, 0.1) is 17.1 Å². The van der Waals surface area contributed by atoms with Crippen LogP contribution in [0.2, 0.25) is 0 Å². The Hall–Kier alpha value is -2.81. The van der Waals surface area contributed by atoms with Crippen molar-refractivity contribution in [3.63, 3.8) is 0 Å². The van der Waals surface area contributed by atoms with Crippen LogP contribution in [0.3, 0.4) is 0 Å². The molecule has 0 radical (unpaired) electrons. The number of halogens is 1. The summed E-state index contributed by atoms with van der Waals surface area (Å²) in [6.07, 6.45) is 0. The van der Waals surface area contributed by atoms with Crippen LogP contribution in [0.1, 0.15) is 12.5 Å². The van der Waals surface area contributed by atoms with Crippen LogP contribution in [-0.2, 0) is 0 Å². The SMILES string of the molecule is CCOc1nc(Oc2ccc(C#N)cc2F)ccc1N. The van der Waals surface area contributed by atoms with Gasteiger partial charge in [0.15, 0.2) is 11.6 Å². The quantitative estimate of drug-likeness (QED) is 0.926. The van der Waals surface area contributed by atoms with Crippen LogP contribution < -0.4 is 15.2 Å². The minimum absolute atomic E-state index is 0.0243. The molecule has 1 aromatic heterocycles. The highest BCUT2D eigenvalue weighted by molar-refractivity contribution is 5.50. The Morgan fingerprint density at radius 1 is 1.35 bits per heavy atom. The predicted octanol–water partition coefficient (Wildman–Crippen LogP) is 2.87. The maximum atomic E-state index is 13.7. The first-order valence-electron chi connectivity index (χ1n) is 5.91. The molecule has 0 amide bonds. The van der Waals surface area contributed by atoms with E-state index in [1.165, 1.54) is 18.2 Å². The molecular weight excluding hydrogens is 261 g/mol. The van der Waals surface area contributed by atoms with Crippen molar-refractivity contribution >= 4 is 5.69 Å². The highest BCUT2D eigenvalue weighted by Crippen LogP contribution is 2.27. The summed E-state index contributed by atoms with van der Waals surface area (Å²) in [5.41, 5.74) is 6.28. The molecule has 1 aromatic carbocycles. The lowest BCUT2D eigenvalue weighted by Crippen LogP contribution is -2.00. The Kier molecular flexibility index (Phi) is 4.01. The molecule has 0 saturated heterocycles. The van der Waals surface area contributed by atoms with Crippen LogP contribution in [0.5, 0.6) is 17.5 Å². The number of nitriles is 1. The second kappa shape index (κ2) is 5.89. The van der Waals surface area contributed by atoms with E-state index in [1.54, 1.807) is 13.0 Å². The summed E-state index contributed by atoms with van der Waals surface area (Å²) in [5, 5.41) is 8.67. The van der Waals surface area contributed by atoms with Crippen LogP contribution in [-0.4, -0.2) is 11.6 Å². The zero-order chi connectivity index (χ0) is 14.5. The predicted molar refractivity (Wildman–Crippen MR) is 71.0 cm³/mol. The van der Waals surface area contributed by atoms with E-state index in [-0.39, 0.29) is 23.1 Å². The largest absolute Gasteiger partial charge is 0.476 e. The van der Waals surface area contributed by atoms with E-state index in [1.807, 2.05) is 6.07 Å². The van der Waals surface area contributed by atoms with Crippen LogP contribution in [0.4, 0.5) is 10.1 Å². The molecule has 6 heteroatoms. The highest BCUT2D eigenvalue weighted by Gasteiger charge is 2.09. The third kappa shape index (κ3) is 2.95. The molecule has 0 fully saturated rings. The Bertz CT molecular complexity index is 668. The molecule has 0 spiro atoms. The summed E-state index contributed by atoms with van der Waals surface area (Å²) >= 11 is 0. The second-order valence-electron chi connectivity index (χ2n) is 3.84. The van der Waals surface area contributed by atoms with Gasteiger partial charge in [0.05, 0.1) is 23.9 Å². The first-order chi connectivity index (χ1) is 9.63. The van der Waals surface area contributed by atoms with Gasteiger partial charge in [-0.1, -0.05) is 0 Å². The third-order valence-electron chi connectivity index (χ3n) is 2.42. The van der Waals surface area contributed by atoms with Gasteiger partial charge in [-0.25, -0.2) is 4.39 Å². The lowest BCUT2D eigenvalue weighted by atomic mass is 10.2. The smallest absolute Gasteiger partial charge is 0.240 e. The maximum absolute atomic E-state index is 13.7. The number of ether oxygens (including phenoxy) is 2. The van der Waals surface area contributed by atoms with Crippen molar-refractivity contribution in [1.29, 1.82) is 5.26 Å². The summed E-state index contributed by atoms with van der Waals surface area (Å²) in [7, 11) is 0. The zero-order valence-corrected chi connectivity index (χ0v) is 10.8. The van der Waals surface area contributed by atoms with Gasteiger partial charge >= 0.3 is 0 Å². The molecule has 0 atom stereocenters. The van der Waals surface area contributed by atoms with Gasteiger partial charge in [-0.15, -0.1) is 0 Å². The number of aromatic nitrogens is 1. The van der Waals surface area contributed by atoms with E-state index >= 15 is 0 Å². The van der Waals surface area contributed by atoms with Gasteiger partial charge in [0.2, 0.25) is 11.8 Å². The minimum Gasteiger partial charge on any atom is -0.476 e. The summed E-state index contributed by atoms with van der Waals surface area (Å²) in [5.74, 6) is -0.269. The van der Waals surface area contributed by atoms with Gasteiger partial charge in [-0.2, -0.15) is 10.2 Å². The molecular formula is C14H12FN3O2. The summed E-state index contributed by atoms with van der Waals surface area (Å²) in [6, 6.07) is 8.84.